The van der Waals surface area contributed by atoms with E-state index in [1.807, 2.05) is 18.7 Å². The summed E-state index contributed by atoms with van der Waals surface area (Å²) in [5.74, 6) is 6.15. The van der Waals surface area contributed by atoms with Gasteiger partial charge in [0.15, 0.2) is 0 Å². The van der Waals surface area contributed by atoms with Crippen molar-refractivity contribution in [1.29, 1.82) is 0 Å². The Morgan fingerprint density at radius 1 is 1.39 bits per heavy atom. The summed E-state index contributed by atoms with van der Waals surface area (Å²) in [7, 11) is 2.01. The fraction of sp³-hybridized carbons (Fsp3) is 0.667. The lowest BCUT2D eigenvalue weighted by atomic mass is 10.0. The molecule has 0 saturated heterocycles. The van der Waals surface area contributed by atoms with E-state index in [1.165, 1.54) is 11.3 Å². The maximum atomic E-state index is 4.46. The van der Waals surface area contributed by atoms with E-state index in [9.17, 15) is 0 Å². The van der Waals surface area contributed by atoms with Crippen molar-refractivity contribution < 1.29 is 0 Å². The predicted molar refractivity (Wildman–Crippen MR) is 76.5 cm³/mol. The lowest BCUT2D eigenvalue weighted by Crippen LogP contribution is -2.29. The molecule has 0 spiro atoms. The van der Waals surface area contributed by atoms with Crippen LogP contribution in [0.3, 0.4) is 0 Å². The zero-order chi connectivity index (χ0) is 13.5. The largest absolute Gasteiger partial charge is 0.313 e. The minimum absolute atomic E-state index is 0.487. The van der Waals surface area contributed by atoms with Gasteiger partial charge in [0, 0.05) is 25.2 Å². The Bertz CT molecular complexity index is 435. The first-order valence-corrected chi connectivity index (χ1v) is 6.72. The van der Waals surface area contributed by atoms with Crippen molar-refractivity contribution in [2.75, 3.05) is 6.54 Å². The molecule has 3 nitrogen and oxygen atoms in total. The summed E-state index contributed by atoms with van der Waals surface area (Å²) < 4.78 is 1.97. The maximum absolute atomic E-state index is 4.46. The highest BCUT2D eigenvalue weighted by Crippen LogP contribution is 2.15. The molecule has 1 aromatic rings. The Kier molecular flexibility index (Phi) is 5.94. The van der Waals surface area contributed by atoms with E-state index in [0.717, 1.165) is 31.5 Å². The molecular weight excluding hydrogens is 222 g/mol. The molecule has 0 aliphatic heterocycles. The third-order valence-corrected chi connectivity index (χ3v) is 3.42. The van der Waals surface area contributed by atoms with Crippen LogP contribution in [0.15, 0.2) is 0 Å². The second-order valence-corrected chi connectivity index (χ2v) is 4.70. The van der Waals surface area contributed by atoms with Gasteiger partial charge in [-0.2, -0.15) is 5.10 Å². The third-order valence-electron chi connectivity index (χ3n) is 3.42. The molecule has 1 unspecified atom stereocenters. The monoisotopic (exact) mass is 247 g/mol. The Labute approximate surface area is 111 Å². The number of aromatic nitrogens is 2. The van der Waals surface area contributed by atoms with Gasteiger partial charge in [-0.1, -0.05) is 6.92 Å². The van der Waals surface area contributed by atoms with Crippen molar-refractivity contribution in [2.45, 2.75) is 53.0 Å². The number of hydrogen-bond donors (Lipinski definition) is 1. The highest BCUT2D eigenvalue weighted by atomic mass is 15.3. The van der Waals surface area contributed by atoms with Gasteiger partial charge in [-0.05, 0) is 45.7 Å². The Balaban J connectivity index is 2.62. The number of aryl methyl sites for hydroxylation is 2. The predicted octanol–water partition coefficient (Wildman–Crippen LogP) is 2.36. The van der Waals surface area contributed by atoms with E-state index in [4.69, 9.17) is 0 Å². The maximum Gasteiger partial charge on any atom is 0.0628 e. The van der Waals surface area contributed by atoms with Gasteiger partial charge in [-0.3, -0.25) is 4.68 Å². The van der Waals surface area contributed by atoms with E-state index in [2.05, 4.69) is 43.0 Å². The summed E-state index contributed by atoms with van der Waals surface area (Å²) in [5.41, 5.74) is 3.83. The molecule has 0 radical (unpaired) electrons. The number of hydrogen-bond acceptors (Lipinski definition) is 2. The fourth-order valence-corrected chi connectivity index (χ4v) is 2.29. The molecule has 1 aromatic heterocycles. The lowest BCUT2D eigenvalue weighted by molar-refractivity contribution is 0.502. The van der Waals surface area contributed by atoms with Crippen LogP contribution >= 0.6 is 0 Å². The second kappa shape index (κ2) is 7.23. The smallest absolute Gasteiger partial charge is 0.0628 e. The first-order chi connectivity index (χ1) is 8.60. The van der Waals surface area contributed by atoms with Gasteiger partial charge < -0.3 is 5.32 Å². The molecule has 0 aliphatic rings. The van der Waals surface area contributed by atoms with E-state index >= 15 is 0 Å². The fourth-order valence-electron chi connectivity index (χ4n) is 2.29. The topological polar surface area (TPSA) is 29.9 Å². The van der Waals surface area contributed by atoms with Gasteiger partial charge in [-0.25, -0.2) is 0 Å². The van der Waals surface area contributed by atoms with Crippen LogP contribution in [-0.2, 0) is 13.5 Å². The molecule has 0 bridgehead atoms. The van der Waals surface area contributed by atoms with Crippen molar-refractivity contribution in [3.8, 4) is 11.8 Å². The highest BCUT2D eigenvalue weighted by Gasteiger charge is 2.12. The van der Waals surface area contributed by atoms with Crippen molar-refractivity contribution in [3.05, 3.63) is 17.0 Å². The van der Waals surface area contributed by atoms with Gasteiger partial charge in [0.05, 0.1) is 5.69 Å². The van der Waals surface area contributed by atoms with Gasteiger partial charge in [0.1, 0.15) is 0 Å². The molecule has 3 heteroatoms. The molecule has 18 heavy (non-hydrogen) atoms. The molecule has 0 aliphatic carbocycles. The lowest BCUT2D eigenvalue weighted by Gasteiger charge is -2.15. The van der Waals surface area contributed by atoms with Gasteiger partial charge >= 0.3 is 0 Å². The van der Waals surface area contributed by atoms with E-state index < -0.39 is 0 Å². The van der Waals surface area contributed by atoms with Crippen LogP contribution in [0.25, 0.3) is 0 Å². The van der Waals surface area contributed by atoms with Crippen LogP contribution in [0.1, 0.15) is 43.6 Å². The van der Waals surface area contributed by atoms with Crippen LogP contribution in [0.2, 0.25) is 0 Å². The normalized spacial score (nSPS) is 12.1. The first kappa shape index (κ1) is 14.8. The molecule has 0 amide bonds. The molecule has 0 fully saturated rings. The molecule has 1 heterocycles. The minimum atomic E-state index is 0.487. The average molecular weight is 247 g/mol. The zero-order valence-corrected chi connectivity index (χ0v) is 12.3. The molecule has 1 N–H and O–H groups in total. The van der Waals surface area contributed by atoms with Crippen LogP contribution in [0.4, 0.5) is 0 Å². The van der Waals surface area contributed by atoms with Crippen molar-refractivity contribution in [3.63, 3.8) is 0 Å². The summed E-state index contributed by atoms with van der Waals surface area (Å²) in [6.45, 7) is 9.28. The van der Waals surface area contributed by atoms with Crippen LogP contribution in [-0.4, -0.2) is 22.4 Å². The zero-order valence-electron chi connectivity index (χ0n) is 12.3. The molecule has 100 valence electrons. The summed E-state index contributed by atoms with van der Waals surface area (Å²) in [5, 5.41) is 7.97. The van der Waals surface area contributed by atoms with Crippen LogP contribution < -0.4 is 5.32 Å². The number of nitrogens with one attached hydrogen (secondary N) is 1. The second-order valence-electron chi connectivity index (χ2n) is 4.70. The Morgan fingerprint density at radius 3 is 2.61 bits per heavy atom. The van der Waals surface area contributed by atoms with Gasteiger partial charge in [-0.15, -0.1) is 11.8 Å². The summed E-state index contributed by atoms with van der Waals surface area (Å²) in [6.07, 6.45) is 3.13. The van der Waals surface area contributed by atoms with E-state index in [0.29, 0.717) is 6.04 Å². The Hall–Kier alpha value is -1.27. The van der Waals surface area contributed by atoms with E-state index in [1.54, 1.807) is 0 Å². The molecule has 0 aromatic carbocycles. The van der Waals surface area contributed by atoms with Gasteiger partial charge in [0.25, 0.3) is 0 Å². The number of rotatable bonds is 6. The summed E-state index contributed by atoms with van der Waals surface area (Å²) >= 11 is 0. The van der Waals surface area contributed by atoms with Crippen LogP contribution in [0.5, 0.6) is 0 Å². The molecule has 1 rings (SSSR count). The van der Waals surface area contributed by atoms with Crippen molar-refractivity contribution in [2.24, 2.45) is 7.05 Å². The first-order valence-electron chi connectivity index (χ1n) is 6.72. The SMILES string of the molecule is CC#CCC(CCc1c(C)nn(C)c1C)NCC. The van der Waals surface area contributed by atoms with Crippen molar-refractivity contribution >= 4 is 0 Å². The minimum Gasteiger partial charge on any atom is -0.313 e. The standard InChI is InChI=1S/C15H25N3/c1-6-8-9-14(16-7-2)10-11-15-12(3)17-18(5)13(15)4/h14,16H,7,9-11H2,1-5H3. The average Bonchev–Trinajstić information content (AvgIpc) is 2.58. The summed E-state index contributed by atoms with van der Waals surface area (Å²) in [6, 6.07) is 0.487. The third kappa shape index (κ3) is 3.89. The van der Waals surface area contributed by atoms with Gasteiger partial charge in [0.2, 0.25) is 0 Å². The van der Waals surface area contributed by atoms with E-state index in [-0.39, 0.29) is 0 Å². The number of nitrogens with zero attached hydrogens (tertiary/aromatic N) is 2. The molecule has 1 atom stereocenters. The van der Waals surface area contributed by atoms with Crippen molar-refractivity contribution in [1.82, 2.24) is 15.1 Å². The Morgan fingerprint density at radius 2 is 2.11 bits per heavy atom. The molecule has 0 saturated carbocycles. The summed E-state index contributed by atoms with van der Waals surface area (Å²) in [4.78, 5) is 0. The van der Waals surface area contributed by atoms with Crippen LogP contribution in [0, 0.1) is 25.7 Å². The quantitative estimate of drug-likeness (QED) is 0.782. The molecular formula is C15H25N3. The highest BCUT2D eigenvalue weighted by molar-refractivity contribution is 5.24.